The first-order valence-corrected chi connectivity index (χ1v) is 31.5. The van der Waals surface area contributed by atoms with E-state index < -0.39 is 57.7 Å². The van der Waals surface area contributed by atoms with Crippen molar-refractivity contribution in [2.75, 3.05) is 55.2 Å². The van der Waals surface area contributed by atoms with E-state index in [1.54, 1.807) is 55.8 Å². The molecule has 2 unspecified atom stereocenters. The van der Waals surface area contributed by atoms with E-state index in [1.807, 2.05) is 0 Å². The molecule has 4 amide bonds. The van der Waals surface area contributed by atoms with Gasteiger partial charge in [-0.3, -0.25) is 29.1 Å². The molecule has 0 radical (unpaired) electrons. The zero-order chi connectivity index (χ0) is 64.2. The van der Waals surface area contributed by atoms with Gasteiger partial charge in [0.25, 0.3) is 0 Å². The molecule has 0 spiro atoms. The number of amides is 4. The highest BCUT2D eigenvalue weighted by Crippen LogP contribution is 2.51. The second kappa shape index (κ2) is 24.5. The number of hydrogen-bond acceptors (Lipinski definition) is 14. The largest absolute Gasteiger partial charge is 0.493 e. The van der Waals surface area contributed by atoms with Gasteiger partial charge in [0.05, 0.1) is 36.3 Å². The maximum Gasteiger partial charge on any atom is 0.240 e. The number of pyridine rings is 2. The molecule has 6 aromatic carbocycles. The van der Waals surface area contributed by atoms with E-state index in [-0.39, 0.29) is 64.5 Å². The Morgan fingerprint density at radius 3 is 1.42 bits per heavy atom. The quantitative estimate of drug-likeness (QED) is 0.0219. The van der Waals surface area contributed by atoms with Crippen LogP contribution in [0.1, 0.15) is 95.0 Å². The van der Waals surface area contributed by atoms with Crippen molar-refractivity contribution in [3.63, 3.8) is 0 Å². The Labute approximate surface area is 532 Å². The fraction of sp³-hybridized carbons (Fsp3) is 0.352. The average Bonchev–Trinajstić information content (AvgIpc) is 1.59. The van der Waals surface area contributed by atoms with Gasteiger partial charge in [-0.05, 0) is 198 Å². The highest BCUT2D eigenvalue weighted by atomic mass is 19.1. The molecule has 18 nitrogen and oxygen atoms in total. The van der Waals surface area contributed by atoms with Gasteiger partial charge in [0, 0.05) is 76.2 Å². The molecule has 6 N–H and O–H groups in total. The van der Waals surface area contributed by atoms with Gasteiger partial charge in [0.2, 0.25) is 23.6 Å². The summed E-state index contributed by atoms with van der Waals surface area (Å²) < 4.78 is 97.0. The molecule has 480 valence electrons. The van der Waals surface area contributed by atoms with Crippen molar-refractivity contribution in [2.24, 2.45) is 16.7 Å². The second-order valence-electron chi connectivity index (χ2n) is 25.7. The average molecular weight is 1270 g/mol. The van der Waals surface area contributed by atoms with Gasteiger partial charge in [-0.15, -0.1) is 0 Å². The van der Waals surface area contributed by atoms with Crippen LogP contribution in [0.15, 0.2) is 128 Å². The van der Waals surface area contributed by atoms with Gasteiger partial charge in [-0.25, -0.2) is 17.6 Å². The minimum absolute atomic E-state index is 0.0262. The van der Waals surface area contributed by atoms with Crippen LogP contribution in [0.2, 0.25) is 0 Å². The number of hydrogen-bond donors (Lipinski definition) is 6. The molecule has 0 bridgehead atoms. The zero-order valence-corrected chi connectivity index (χ0v) is 51.2. The number of carbonyl (C=O) groups is 4. The van der Waals surface area contributed by atoms with Crippen LogP contribution in [0.4, 0.5) is 40.3 Å². The van der Waals surface area contributed by atoms with E-state index in [1.165, 1.54) is 86.8 Å². The zero-order valence-electron chi connectivity index (χ0n) is 51.2. The molecular formula is C71H68F4N8O10. The van der Waals surface area contributed by atoms with Crippen molar-refractivity contribution in [1.82, 2.24) is 20.6 Å². The van der Waals surface area contributed by atoms with Crippen molar-refractivity contribution in [2.45, 2.75) is 107 Å². The number of nitrogens with zero attached hydrogens (tertiary/aromatic N) is 2. The molecule has 6 fully saturated rings. The van der Waals surface area contributed by atoms with E-state index in [0.29, 0.717) is 106 Å². The number of aromatic nitrogens is 2. The number of ether oxygens (including phenoxy) is 6. The van der Waals surface area contributed by atoms with Crippen LogP contribution in [0.5, 0.6) is 46.0 Å². The predicted molar refractivity (Wildman–Crippen MR) is 339 cm³/mol. The van der Waals surface area contributed by atoms with Crippen LogP contribution in [0.25, 0.3) is 21.8 Å². The Morgan fingerprint density at radius 1 is 0.473 bits per heavy atom. The lowest BCUT2D eigenvalue weighted by Gasteiger charge is -2.24. The molecule has 93 heavy (non-hydrogen) atoms. The highest BCUT2D eigenvalue weighted by Gasteiger charge is 2.58. The summed E-state index contributed by atoms with van der Waals surface area (Å²) >= 11 is 0. The van der Waals surface area contributed by atoms with Gasteiger partial charge in [0.15, 0.2) is 46.1 Å². The molecule has 2 heterocycles. The van der Waals surface area contributed by atoms with E-state index in [2.05, 4.69) is 41.9 Å². The van der Waals surface area contributed by atoms with Crippen molar-refractivity contribution >= 4 is 68.2 Å². The standard InChI is InChI=1S/C71H68F4N8O10/c1-88-60-33-49-54(35-62(60)90-38-68(19-20-68)78-37-40-3-4-40)76-27-17-56(49)92-59-16-13-46(32-53(59)75)82-67(87)71(25-26-71)65(85)80-44-11-14-51(73)48(30-44)41-5-8-47(29-41)83-69(21-22-69)39-91-63-36-55-50(34-61(63)89-2)57(18-28-77-55)93-58-15-12-45(31-52(58)74)81-66(86)70(23-24-70)64(84)79-43-9-6-42(72)7-10-43/h6-7,9-18,27-28,30-36,40-41,47,78,83H,3-5,8,19-26,29,37-39H2,1-2H3,(H,79,84)(H,80,85)(H,81,86)(H,82,87). The van der Waals surface area contributed by atoms with Gasteiger partial charge >= 0.3 is 0 Å². The maximum atomic E-state index is 15.8. The summed E-state index contributed by atoms with van der Waals surface area (Å²) in [7, 11) is 3.07. The Hall–Kier alpha value is -9.54. The minimum atomic E-state index is -1.41. The topological polar surface area (TPSA) is 222 Å². The number of nitrogens with one attached hydrogen (secondary N) is 6. The number of halogens is 4. The summed E-state index contributed by atoms with van der Waals surface area (Å²) in [5.41, 5.74) is -0.615. The van der Waals surface area contributed by atoms with Crippen molar-refractivity contribution in [3.8, 4) is 46.0 Å². The summed E-state index contributed by atoms with van der Waals surface area (Å²) in [6.45, 7) is 1.81. The third-order valence-electron chi connectivity index (χ3n) is 18.9. The Kier molecular flexibility index (Phi) is 16.1. The SMILES string of the molecule is COc1cc2c(Oc3ccc(NC(=O)C4(C(=O)Nc5ccc(F)c(C6CCC(NC7(COc8cc9nccc(Oc%10ccc(NC(=O)C%11(C(=O)Nc%12ccc(F)cc%12)CC%11)cc%10F)c9cc8OC)CC7)C6)c5)CC4)cc3F)ccnc2cc1OCC1(NCC2CC2)CC1. The first-order chi connectivity index (χ1) is 45.0. The number of methoxy groups -OCH3 is 2. The highest BCUT2D eigenvalue weighted by molar-refractivity contribution is 6.18. The first-order valence-electron chi connectivity index (χ1n) is 31.5. The molecule has 14 rings (SSSR count). The number of anilines is 4. The van der Waals surface area contributed by atoms with Gasteiger partial charge in [-0.1, -0.05) is 0 Å². The summed E-state index contributed by atoms with van der Waals surface area (Å²) in [4.78, 5) is 63.1. The fourth-order valence-electron chi connectivity index (χ4n) is 12.3. The van der Waals surface area contributed by atoms with E-state index in [0.717, 1.165) is 56.7 Å². The lowest BCUT2D eigenvalue weighted by Crippen LogP contribution is -2.43. The molecule has 8 aromatic rings. The van der Waals surface area contributed by atoms with Crippen molar-refractivity contribution in [1.29, 1.82) is 0 Å². The Bertz CT molecular complexity index is 4270. The predicted octanol–water partition coefficient (Wildman–Crippen LogP) is 13.4. The molecule has 6 aliphatic rings. The number of benzene rings is 6. The lowest BCUT2D eigenvalue weighted by atomic mass is 9.96. The van der Waals surface area contributed by atoms with Crippen LogP contribution < -0.4 is 60.3 Å². The van der Waals surface area contributed by atoms with Gasteiger partial charge in [-0.2, -0.15) is 0 Å². The van der Waals surface area contributed by atoms with E-state index >= 15 is 13.2 Å². The Balaban J connectivity index is 0.561. The molecule has 0 aliphatic heterocycles. The van der Waals surface area contributed by atoms with E-state index in [4.69, 9.17) is 28.4 Å². The van der Waals surface area contributed by atoms with Crippen LogP contribution in [0, 0.1) is 40.0 Å². The summed E-state index contributed by atoms with van der Waals surface area (Å²) in [6, 6.07) is 27.9. The second-order valence-corrected chi connectivity index (χ2v) is 25.7. The van der Waals surface area contributed by atoms with Gasteiger partial charge in [0.1, 0.15) is 47.2 Å². The van der Waals surface area contributed by atoms with Crippen LogP contribution >= 0.6 is 0 Å². The fourth-order valence-corrected chi connectivity index (χ4v) is 12.3. The van der Waals surface area contributed by atoms with E-state index in [9.17, 15) is 23.6 Å². The number of carbonyl (C=O) groups excluding carboxylic acids is 4. The number of fused-ring (bicyclic) bond motifs is 2. The summed E-state index contributed by atoms with van der Waals surface area (Å²) in [6.07, 6.45) is 12.7. The molecule has 22 heteroatoms. The summed E-state index contributed by atoms with van der Waals surface area (Å²) in [5, 5.41) is 19.5. The molecule has 0 saturated heterocycles. The third-order valence-corrected chi connectivity index (χ3v) is 18.9. The smallest absolute Gasteiger partial charge is 0.240 e. The normalized spacial score (nSPS) is 19.0. The molecule has 6 aliphatic carbocycles. The third kappa shape index (κ3) is 13.0. The van der Waals surface area contributed by atoms with Crippen LogP contribution in [0.3, 0.4) is 0 Å². The van der Waals surface area contributed by atoms with Crippen LogP contribution in [-0.4, -0.2) is 84.7 Å². The molecule has 6 saturated carbocycles. The number of rotatable bonds is 26. The molecule has 2 aromatic heterocycles. The molecular weight excluding hydrogens is 1200 g/mol. The monoisotopic (exact) mass is 1270 g/mol. The van der Waals surface area contributed by atoms with Crippen LogP contribution in [-0.2, 0) is 19.2 Å². The first kappa shape index (κ1) is 61.0. The lowest BCUT2D eigenvalue weighted by molar-refractivity contribution is -0.132. The Morgan fingerprint density at radius 2 is 0.946 bits per heavy atom. The van der Waals surface area contributed by atoms with Gasteiger partial charge < -0.3 is 60.3 Å². The van der Waals surface area contributed by atoms with Crippen molar-refractivity contribution < 1.29 is 65.2 Å². The van der Waals surface area contributed by atoms with Crippen molar-refractivity contribution in [3.05, 3.63) is 156 Å². The summed E-state index contributed by atoms with van der Waals surface area (Å²) in [5.74, 6) is -1.77. The molecule has 2 atom stereocenters. The maximum absolute atomic E-state index is 15.8. The minimum Gasteiger partial charge on any atom is -0.493 e.